The van der Waals surface area contributed by atoms with E-state index in [9.17, 15) is 0 Å². The Balaban J connectivity index is 2.13. The first-order valence-corrected chi connectivity index (χ1v) is 5.64. The Labute approximate surface area is 91.5 Å². The first kappa shape index (κ1) is 10.5. The van der Waals surface area contributed by atoms with Crippen LogP contribution in [0.3, 0.4) is 0 Å². The van der Waals surface area contributed by atoms with E-state index >= 15 is 0 Å². The maximum Gasteiger partial charge on any atom is 0.0476 e. The number of hydrogen-bond acceptors (Lipinski definition) is 2. The van der Waals surface area contributed by atoms with Crippen molar-refractivity contribution < 1.29 is 5.11 Å². The number of hydrogen-bond donors (Lipinski definition) is 1. The first-order chi connectivity index (χ1) is 7.20. The van der Waals surface area contributed by atoms with E-state index in [1.165, 1.54) is 16.8 Å². The van der Waals surface area contributed by atoms with Crippen molar-refractivity contribution in [3.8, 4) is 0 Å². The molecule has 0 radical (unpaired) electrons. The van der Waals surface area contributed by atoms with Crippen LogP contribution in [0.4, 0.5) is 5.69 Å². The van der Waals surface area contributed by atoms with Crippen molar-refractivity contribution in [2.24, 2.45) is 5.92 Å². The zero-order chi connectivity index (χ0) is 10.8. The summed E-state index contributed by atoms with van der Waals surface area (Å²) in [5.41, 5.74) is 3.99. The Morgan fingerprint density at radius 2 is 2.13 bits per heavy atom. The third kappa shape index (κ3) is 2.15. The van der Waals surface area contributed by atoms with Gasteiger partial charge in [0.2, 0.25) is 0 Å². The lowest BCUT2D eigenvalue weighted by molar-refractivity contribution is 0.238. The lowest BCUT2D eigenvalue weighted by Gasteiger charge is -2.19. The monoisotopic (exact) mass is 205 g/mol. The Kier molecular flexibility index (Phi) is 2.96. The smallest absolute Gasteiger partial charge is 0.0476 e. The van der Waals surface area contributed by atoms with Crippen molar-refractivity contribution >= 4 is 5.69 Å². The van der Waals surface area contributed by atoms with Crippen molar-refractivity contribution in [3.63, 3.8) is 0 Å². The molecule has 1 atom stereocenters. The molecule has 2 rings (SSSR count). The number of aryl methyl sites for hydroxylation is 2. The number of anilines is 1. The van der Waals surface area contributed by atoms with Gasteiger partial charge in [-0.1, -0.05) is 6.07 Å². The molecule has 2 heteroatoms. The molecule has 0 aliphatic carbocycles. The summed E-state index contributed by atoms with van der Waals surface area (Å²) >= 11 is 0. The standard InChI is InChI=1S/C13H19NO/c1-10-3-4-13(7-11(10)2)14-6-5-12(8-14)9-15/h3-4,7,12,15H,5-6,8-9H2,1-2H3. The second-order valence-corrected chi connectivity index (χ2v) is 4.55. The third-order valence-corrected chi connectivity index (χ3v) is 3.40. The van der Waals surface area contributed by atoms with Gasteiger partial charge in [0.25, 0.3) is 0 Å². The number of benzene rings is 1. The zero-order valence-electron chi connectivity index (χ0n) is 9.53. The van der Waals surface area contributed by atoms with Gasteiger partial charge in [-0.15, -0.1) is 0 Å². The Bertz CT molecular complexity index is 348. The molecule has 1 aliphatic heterocycles. The predicted octanol–water partition coefficient (Wildman–Crippen LogP) is 2.12. The molecule has 0 bridgehead atoms. The maximum atomic E-state index is 9.10. The second-order valence-electron chi connectivity index (χ2n) is 4.55. The Morgan fingerprint density at radius 1 is 1.33 bits per heavy atom. The molecule has 82 valence electrons. The lowest BCUT2D eigenvalue weighted by atomic mass is 10.1. The molecular formula is C13H19NO. The summed E-state index contributed by atoms with van der Waals surface area (Å²) in [6.45, 7) is 6.69. The third-order valence-electron chi connectivity index (χ3n) is 3.40. The summed E-state index contributed by atoms with van der Waals surface area (Å²) in [6.07, 6.45) is 1.11. The van der Waals surface area contributed by atoms with Crippen molar-refractivity contribution in [3.05, 3.63) is 29.3 Å². The van der Waals surface area contributed by atoms with Crippen LogP contribution in [0.2, 0.25) is 0 Å². The molecule has 1 unspecified atom stereocenters. The molecule has 0 amide bonds. The minimum atomic E-state index is 0.321. The Morgan fingerprint density at radius 3 is 2.73 bits per heavy atom. The summed E-state index contributed by atoms with van der Waals surface area (Å²) in [5, 5.41) is 9.10. The second kappa shape index (κ2) is 4.23. The average molecular weight is 205 g/mol. The zero-order valence-corrected chi connectivity index (χ0v) is 9.53. The van der Waals surface area contributed by atoms with E-state index < -0.39 is 0 Å². The summed E-state index contributed by atoms with van der Waals surface area (Å²) in [5.74, 6) is 0.464. The predicted molar refractivity (Wildman–Crippen MR) is 63.3 cm³/mol. The SMILES string of the molecule is Cc1ccc(N2CCC(CO)C2)cc1C. The highest BCUT2D eigenvalue weighted by Crippen LogP contribution is 2.25. The van der Waals surface area contributed by atoms with Crippen LogP contribution in [-0.4, -0.2) is 24.8 Å². The molecule has 0 aromatic heterocycles. The molecule has 1 fully saturated rings. The summed E-state index contributed by atoms with van der Waals surface area (Å²) in [7, 11) is 0. The van der Waals surface area contributed by atoms with E-state index in [4.69, 9.17) is 5.11 Å². The molecule has 1 aliphatic rings. The van der Waals surface area contributed by atoms with E-state index in [2.05, 4.69) is 36.9 Å². The normalized spacial score (nSPS) is 21.0. The number of nitrogens with zero attached hydrogens (tertiary/aromatic N) is 1. The van der Waals surface area contributed by atoms with Gasteiger partial charge < -0.3 is 10.0 Å². The number of aliphatic hydroxyl groups is 1. The van der Waals surface area contributed by atoms with Gasteiger partial charge in [0.1, 0.15) is 0 Å². The van der Waals surface area contributed by atoms with Crippen LogP contribution in [0.1, 0.15) is 17.5 Å². The molecular weight excluding hydrogens is 186 g/mol. The van der Waals surface area contributed by atoms with Crippen molar-refractivity contribution in [2.75, 3.05) is 24.6 Å². The molecule has 1 aromatic rings. The lowest BCUT2D eigenvalue weighted by Crippen LogP contribution is -2.20. The Hall–Kier alpha value is -1.02. The van der Waals surface area contributed by atoms with Crippen LogP contribution in [0.5, 0.6) is 0 Å². The molecule has 1 aromatic carbocycles. The van der Waals surface area contributed by atoms with Crippen LogP contribution in [-0.2, 0) is 0 Å². The van der Waals surface area contributed by atoms with Gasteiger partial charge in [-0.25, -0.2) is 0 Å². The van der Waals surface area contributed by atoms with Crippen LogP contribution >= 0.6 is 0 Å². The van der Waals surface area contributed by atoms with Gasteiger partial charge in [-0.3, -0.25) is 0 Å². The van der Waals surface area contributed by atoms with E-state index in [-0.39, 0.29) is 0 Å². The van der Waals surface area contributed by atoms with Crippen LogP contribution in [0, 0.1) is 19.8 Å². The van der Waals surface area contributed by atoms with E-state index in [1.54, 1.807) is 0 Å². The van der Waals surface area contributed by atoms with Gasteiger partial charge in [-0.2, -0.15) is 0 Å². The van der Waals surface area contributed by atoms with Crippen LogP contribution < -0.4 is 4.90 Å². The fraction of sp³-hybridized carbons (Fsp3) is 0.538. The minimum Gasteiger partial charge on any atom is -0.396 e. The molecule has 0 saturated carbocycles. The molecule has 15 heavy (non-hydrogen) atoms. The van der Waals surface area contributed by atoms with Gasteiger partial charge in [0.15, 0.2) is 0 Å². The number of rotatable bonds is 2. The molecule has 1 saturated heterocycles. The molecule has 1 N–H and O–H groups in total. The van der Waals surface area contributed by atoms with Crippen molar-refractivity contribution in [2.45, 2.75) is 20.3 Å². The molecule has 1 heterocycles. The largest absolute Gasteiger partial charge is 0.396 e. The van der Waals surface area contributed by atoms with Crippen LogP contribution in [0.15, 0.2) is 18.2 Å². The van der Waals surface area contributed by atoms with E-state index in [1.807, 2.05) is 0 Å². The van der Waals surface area contributed by atoms with Gasteiger partial charge in [0.05, 0.1) is 0 Å². The summed E-state index contributed by atoms with van der Waals surface area (Å²) in [6, 6.07) is 6.61. The number of aliphatic hydroxyl groups excluding tert-OH is 1. The van der Waals surface area contributed by atoms with E-state index in [0.717, 1.165) is 19.5 Å². The topological polar surface area (TPSA) is 23.5 Å². The molecule has 0 spiro atoms. The highest BCUT2D eigenvalue weighted by Gasteiger charge is 2.21. The van der Waals surface area contributed by atoms with Gasteiger partial charge in [0, 0.05) is 31.3 Å². The first-order valence-electron chi connectivity index (χ1n) is 5.64. The van der Waals surface area contributed by atoms with Crippen molar-refractivity contribution in [1.29, 1.82) is 0 Å². The fourth-order valence-electron chi connectivity index (χ4n) is 2.14. The van der Waals surface area contributed by atoms with Gasteiger partial charge in [-0.05, 0) is 43.5 Å². The highest BCUT2D eigenvalue weighted by molar-refractivity contribution is 5.51. The van der Waals surface area contributed by atoms with Crippen molar-refractivity contribution in [1.82, 2.24) is 0 Å². The minimum absolute atomic E-state index is 0.321. The maximum absolute atomic E-state index is 9.10. The van der Waals surface area contributed by atoms with Gasteiger partial charge >= 0.3 is 0 Å². The highest BCUT2D eigenvalue weighted by atomic mass is 16.3. The fourth-order valence-corrected chi connectivity index (χ4v) is 2.14. The average Bonchev–Trinajstić information content (AvgIpc) is 2.70. The van der Waals surface area contributed by atoms with Crippen LogP contribution in [0.25, 0.3) is 0 Å². The van der Waals surface area contributed by atoms with E-state index in [0.29, 0.717) is 12.5 Å². The summed E-state index contributed by atoms with van der Waals surface area (Å²) < 4.78 is 0. The quantitative estimate of drug-likeness (QED) is 0.799. The molecule has 2 nitrogen and oxygen atoms in total. The summed E-state index contributed by atoms with van der Waals surface area (Å²) in [4.78, 5) is 2.37.